The molecule has 0 aliphatic rings. The third-order valence-corrected chi connectivity index (χ3v) is 3.05. The fraction of sp³-hybridized carbons (Fsp3) is 0.455. The Morgan fingerprint density at radius 3 is 2.87 bits per heavy atom. The highest BCUT2D eigenvalue weighted by Crippen LogP contribution is 2.28. The summed E-state index contributed by atoms with van der Waals surface area (Å²) in [5, 5.41) is 0. The summed E-state index contributed by atoms with van der Waals surface area (Å²) in [5.41, 5.74) is 6.33. The standard InChI is InChI=1S/C11H16FNOS/c1-8(13)11-9(12)4-3-5-10(11)15-7-6-14-2/h3-5,8H,6-7,13H2,1-2H3/t8-/m0/s1. The second-order valence-corrected chi connectivity index (χ2v) is 4.42. The van der Waals surface area contributed by atoms with E-state index in [1.165, 1.54) is 6.07 Å². The van der Waals surface area contributed by atoms with E-state index in [9.17, 15) is 4.39 Å². The molecule has 0 aliphatic carbocycles. The van der Waals surface area contributed by atoms with Crippen molar-refractivity contribution >= 4 is 11.8 Å². The molecule has 0 saturated carbocycles. The second-order valence-electron chi connectivity index (χ2n) is 3.28. The van der Waals surface area contributed by atoms with Crippen LogP contribution in [-0.2, 0) is 4.74 Å². The largest absolute Gasteiger partial charge is 0.384 e. The molecule has 1 aromatic carbocycles. The first-order valence-corrected chi connectivity index (χ1v) is 5.81. The van der Waals surface area contributed by atoms with E-state index in [0.29, 0.717) is 12.2 Å². The fourth-order valence-electron chi connectivity index (χ4n) is 1.32. The number of halogens is 1. The Bertz CT molecular complexity index is 317. The number of nitrogens with two attached hydrogens (primary N) is 1. The fourth-order valence-corrected chi connectivity index (χ4v) is 2.40. The molecule has 0 saturated heterocycles. The number of hydrogen-bond donors (Lipinski definition) is 1. The van der Waals surface area contributed by atoms with Crippen LogP contribution in [0.3, 0.4) is 0 Å². The number of ether oxygens (including phenoxy) is 1. The highest BCUT2D eigenvalue weighted by atomic mass is 32.2. The summed E-state index contributed by atoms with van der Waals surface area (Å²) in [5.74, 6) is 0.576. The van der Waals surface area contributed by atoms with Gasteiger partial charge in [-0.1, -0.05) is 6.07 Å². The molecule has 0 aromatic heterocycles. The van der Waals surface area contributed by atoms with Crippen molar-refractivity contribution in [2.24, 2.45) is 5.73 Å². The summed E-state index contributed by atoms with van der Waals surface area (Å²) in [6, 6.07) is 4.76. The molecule has 0 fully saturated rings. The monoisotopic (exact) mass is 229 g/mol. The molecule has 15 heavy (non-hydrogen) atoms. The highest BCUT2D eigenvalue weighted by molar-refractivity contribution is 7.99. The van der Waals surface area contributed by atoms with E-state index in [2.05, 4.69) is 0 Å². The maximum absolute atomic E-state index is 13.5. The van der Waals surface area contributed by atoms with Gasteiger partial charge >= 0.3 is 0 Å². The average Bonchev–Trinajstić information content (AvgIpc) is 2.17. The molecule has 1 rings (SSSR count). The number of benzene rings is 1. The van der Waals surface area contributed by atoms with E-state index in [0.717, 1.165) is 10.6 Å². The molecule has 2 nitrogen and oxygen atoms in total. The lowest BCUT2D eigenvalue weighted by atomic mass is 10.1. The molecule has 0 bridgehead atoms. The minimum atomic E-state index is -0.281. The van der Waals surface area contributed by atoms with Gasteiger partial charge in [0.2, 0.25) is 0 Å². The molecular weight excluding hydrogens is 213 g/mol. The van der Waals surface area contributed by atoms with Crippen LogP contribution in [0, 0.1) is 5.82 Å². The topological polar surface area (TPSA) is 35.2 Å². The Labute approximate surface area is 94.0 Å². The van der Waals surface area contributed by atoms with Crippen LogP contribution < -0.4 is 5.73 Å². The third-order valence-electron chi connectivity index (χ3n) is 2.01. The van der Waals surface area contributed by atoms with Gasteiger partial charge in [0.05, 0.1) is 6.61 Å². The minimum absolute atomic E-state index is 0.229. The van der Waals surface area contributed by atoms with Gasteiger partial charge in [0.25, 0.3) is 0 Å². The van der Waals surface area contributed by atoms with Gasteiger partial charge in [-0.3, -0.25) is 0 Å². The van der Waals surface area contributed by atoms with Gasteiger partial charge in [-0.25, -0.2) is 4.39 Å². The van der Waals surface area contributed by atoms with Crippen LogP contribution in [-0.4, -0.2) is 19.5 Å². The Morgan fingerprint density at radius 2 is 2.27 bits per heavy atom. The van der Waals surface area contributed by atoms with Gasteiger partial charge in [0.15, 0.2) is 0 Å². The number of hydrogen-bond acceptors (Lipinski definition) is 3. The van der Waals surface area contributed by atoms with Gasteiger partial charge in [-0.15, -0.1) is 11.8 Å². The van der Waals surface area contributed by atoms with Crippen LogP contribution >= 0.6 is 11.8 Å². The van der Waals surface area contributed by atoms with Crippen LogP contribution in [0.4, 0.5) is 4.39 Å². The maximum atomic E-state index is 13.5. The lowest BCUT2D eigenvalue weighted by molar-refractivity contribution is 0.218. The van der Waals surface area contributed by atoms with Crippen molar-refractivity contribution in [2.75, 3.05) is 19.5 Å². The molecule has 0 heterocycles. The minimum Gasteiger partial charge on any atom is -0.384 e. The molecule has 4 heteroatoms. The van der Waals surface area contributed by atoms with Crippen LogP contribution in [0.15, 0.2) is 23.1 Å². The van der Waals surface area contributed by atoms with Crippen LogP contribution in [0.2, 0.25) is 0 Å². The van der Waals surface area contributed by atoms with E-state index < -0.39 is 0 Å². The van der Waals surface area contributed by atoms with Crippen molar-refractivity contribution in [3.8, 4) is 0 Å². The maximum Gasteiger partial charge on any atom is 0.129 e. The average molecular weight is 229 g/mol. The summed E-state index contributed by atoms with van der Waals surface area (Å²) < 4.78 is 18.4. The predicted octanol–water partition coefficient (Wildman–Crippen LogP) is 2.58. The predicted molar refractivity (Wildman–Crippen MR) is 61.6 cm³/mol. The van der Waals surface area contributed by atoms with Gasteiger partial charge in [-0.2, -0.15) is 0 Å². The van der Waals surface area contributed by atoms with E-state index in [4.69, 9.17) is 10.5 Å². The first-order valence-electron chi connectivity index (χ1n) is 4.82. The number of thioether (sulfide) groups is 1. The van der Waals surface area contributed by atoms with E-state index in [1.807, 2.05) is 6.07 Å². The van der Waals surface area contributed by atoms with Crippen molar-refractivity contribution in [3.05, 3.63) is 29.6 Å². The quantitative estimate of drug-likeness (QED) is 0.622. The molecule has 1 aromatic rings. The smallest absolute Gasteiger partial charge is 0.129 e. The lowest BCUT2D eigenvalue weighted by Crippen LogP contribution is -2.09. The zero-order chi connectivity index (χ0) is 11.3. The summed E-state index contributed by atoms with van der Waals surface area (Å²) >= 11 is 1.57. The number of rotatable bonds is 5. The van der Waals surface area contributed by atoms with Crippen molar-refractivity contribution in [1.82, 2.24) is 0 Å². The molecule has 0 spiro atoms. The molecule has 1 atom stereocenters. The van der Waals surface area contributed by atoms with Gasteiger partial charge in [0, 0.05) is 29.4 Å². The molecule has 2 N–H and O–H groups in total. The Hall–Kier alpha value is -0.580. The first kappa shape index (κ1) is 12.5. The van der Waals surface area contributed by atoms with E-state index in [-0.39, 0.29) is 11.9 Å². The Balaban J connectivity index is 2.81. The molecule has 0 aliphatic heterocycles. The van der Waals surface area contributed by atoms with Crippen LogP contribution in [0.1, 0.15) is 18.5 Å². The van der Waals surface area contributed by atoms with Gasteiger partial charge in [-0.05, 0) is 19.1 Å². The molecule has 0 amide bonds. The zero-order valence-electron chi connectivity index (χ0n) is 9.00. The second kappa shape index (κ2) is 6.10. The summed E-state index contributed by atoms with van der Waals surface area (Å²) in [6.07, 6.45) is 0. The van der Waals surface area contributed by atoms with Crippen LogP contribution in [0.5, 0.6) is 0 Å². The van der Waals surface area contributed by atoms with Crippen molar-refractivity contribution in [2.45, 2.75) is 17.9 Å². The third kappa shape index (κ3) is 3.48. The van der Waals surface area contributed by atoms with Crippen LogP contribution in [0.25, 0.3) is 0 Å². The molecule has 84 valence electrons. The summed E-state index contributed by atoms with van der Waals surface area (Å²) in [7, 11) is 1.65. The number of methoxy groups -OCH3 is 1. The highest BCUT2D eigenvalue weighted by Gasteiger charge is 2.12. The lowest BCUT2D eigenvalue weighted by Gasteiger charge is -2.12. The van der Waals surface area contributed by atoms with Gasteiger partial charge < -0.3 is 10.5 Å². The zero-order valence-corrected chi connectivity index (χ0v) is 9.81. The Kier molecular flexibility index (Phi) is 5.08. The van der Waals surface area contributed by atoms with Crippen molar-refractivity contribution in [3.63, 3.8) is 0 Å². The Morgan fingerprint density at radius 1 is 1.53 bits per heavy atom. The van der Waals surface area contributed by atoms with E-state index >= 15 is 0 Å². The van der Waals surface area contributed by atoms with Crippen molar-refractivity contribution in [1.29, 1.82) is 0 Å². The molecular formula is C11H16FNOS. The van der Waals surface area contributed by atoms with Gasteiger partial charge in [0.1, 0.15) is 5.82 Å². The molecule has 0 radical (unpaired) electrons. The summed E-state index contributed by atoms with van der Waals surface area (Å²) in [4.78, 5) is 0.905. The SMILES string of the molecule is COCCSc1cccc(F)c1[C@H](C)N. The summed E-state index contributed by atoms with van der Waals surface area (Å²) in [6.45, 7) is 2.44. The normalized spacial score (nSPS) is 12.8. The first-order chi connectivity index (χ1) is 7.16. The van der Waals surface area contributed by atoms with Crippen molar-refractivity contribution < 1.29 is 9.13 Å². The van der Waals surface area contributed by atoms with E-state index in [1.54, 1.807) is 31.9 Å². The molecule has 0 unspecified atom stereocenters.